The predicted octanol–water partition coefficient (Wildman–Crippen LogP) is 3.30. The van der Waals surface area contributed by atoms with E-state index in [-0.39, 0.29) is 17.2 Å². The highest BCUT2D eigenvalue weighted by molar-refractivity contribution is 5.81. The zero-order valence-electron chi connectivity index (χ0n) is 13.2. The van der Waals surface area contributed by atoms with Crippen molar-refractivity contribution in [1.29, 1.82) is 0 Å². The minimum absolute atomic E-state index is 0.164. The first-order chi connectivity index (χ1) is 12.0. The van der Waals surface area contributed by atoms with Gasteiger partial charge in [-0.2, -0.15) is 14.6 Å². The molecule has 3 aromatic rings. The fourth-order valence-electron chi connectivity index (χ4n) is 2.13. The Bertz CT molecular complexity index is 904. The van der Waals surface area contributed by atoms with E-state index in [2.05, 4.69) is 25.6 Å². The number of aromatic nitrogens is 4. The lowest BCUT2D eigenvalue weighted by Gasteiger charge is -2.05. The molecule has 0 fully saturated rings. The topological polar surface area (TPSA) is 81.1 Å². The summed E-state index contributed by atoms with van der Waals surface area (Å²) in [6.07, 6.45) is -0.208. The van der Waals surface area contributed by atoms with Crippen LogP contribution in [0.4, 0.5) is 19.1 Å². The van der Waals surface area contributed by atoms with Crippen molar-refractivity contribution in [1.82, 2.24) is 19.7 Å². The maximum absolute atomic E-state index is 13.8. The van der Waals surface area contributed by atoms with Crippen LogP contribution in [0.2, 0.25) is 0 Å². The summed E-state index contributed by atoms with van der Waals surface area (Å²) in [7, 11) is 1.46. The molecule has 1 N–H and O–H groups in total. The van der Waals surface area contributed by atoms with E-state index in [0.717, 1.165) is 10.7 Å². The van der Waals surface area contributed by atoms with Gasteiger partial charge in [-0.05, 0) is 25.1 Å². The van der Waals surface area contributed by atoms with Gasteiger partial charge in [0, 0.05) is 7.05 Å². The molecule has 0 atom stereocenters. The van der Waals surface area contributed by atoms with Gasteiger partial charge in [0.05, 0.1) is 23.7 Å². The van der Waals surface area contributed by atoms with Gasteiger partial charge in [0.15, 0.2) is 5.76 Å². The van der Waals surface area contributed by atoms with E-state index < -0.39 is 18.1 Å². The number of anilines is 1. The summed E-state index contributed by atoms with van der Waals surface area (Å²) in [5, 5.41) is 7.70. The summed E-state index contributed by atoms with van der Waals surface area (Å²) < 4.78 is 46.1. The SMILES string of the molecule is Cc1nn(C)c(F)c1C=NNc1nc(-c2ccco2)cc(C(F)F)n1. The van der Waals surface area contributed by atoms with E-state index in [4.69, 9.17) is 4.42 Å². The Morgan fingerprint density at radius 2 is 2.16 bits per heavy atom. The van der Waals surface area contributed by atoms with Crippen LogP contribution in [-0.2, 0) is 7.05 Å². The molecule has 3 aromatic heterocycles. The molecular weight excluding hydrogens is 337 g/mol. The lowest BCUT2D eigenvalue weighted by Crippen LogP contribution is -2.02. The van der Waals surface area contributed by atoms with E-state index in [1.54, 1.807) is 19.1 Å². The number of hydrazone groups is 1. The first-order valence-electron chi connectivity index (χ1n) is 7.15. The summed E-state index contributed by atoms with van der Waals surface area (Å²) >= 11 is 0. The number of rotatable bonds is 5. The Morgan fingerprint density at radius 3 is 2.76 bits per heavy atom. The van der Waals surface area contributed by atoms with Crippen LogP contribution in [0.1, 0.15) is 23.4 Å². The molecule has 7 nitrogen and oxygen atoms in total. The number of halogens is 3. The van der Waals surface area contributed by atoms with Gasteiger partial charge < -0.3 is 4.42 Å². The molecule has 0 bridgehead atoms. The summed E-state index contributed by atoms with van der Waals surface area (Å²) in [4.78, 5) is 7.74. The Balaban J connectivity index is 1.88. The molecule has 0 spiro atoms. The molecule has 0 aromatic carbocycles. The lowest BCUT2D eigenvalue weighted by atomic mass is 10.2. The predicted molar refractivity (Wildman–Crippen MR) is 83.8 cm³/mol. The number of hydrogen-bond acceptors (Lipinski definition) is 6. The third-order valence-corrected chi connectivity index (χ3v) is 3.30. The van der Waals surface area contributed by atoms with Gasteiger partial charge in [0.1, 0.15) is 11.4 Å². The maximum atomic E-state index is 13.8. The average molecular weight is 350 g/mol. The van der Waals surface area contributed by atoms with Gasteiger partial charge in [-0.15, -0.1) is 0 Å². The average Bonchev–Trinajstić information content (AvgIpc) is 3.19. The fraction of sp³-hybridized carbons (Fsp3) is 0.200. The summed E-state index contributed by atoms with van der Waals surface area (Å²) in [6.45, 7) is 1.62. The molecule has 25 heavy (non-hydrogen) atoms. The molecule has 130 valence electrons. The zero-order chi connectivity index (χ0) is 18.0. The number of nitrogens with one attached hydrogen (secondary N) is 1. The highest BCUT2D eigenvalue weighted by Gasteiger charge is 2.15. The fourth-order valence-corrected chi connectivity index (χ4v) is 2.13. The first kappa shape index (κ1) is 16.7. The normalized spacial score (nSPS) is 11.6. The first-order valence-corrected chi connectivity index (χ1v) is 7.15. The van der Waals surface area contributed by atoms with Crippen molar-refractivity contribution in [2.75, 3.05) is 5.43 Å². The molecule has 0 saturated carbocycles. The number of aryl methyl sites for hydroxylation is 2. The molecule has 0 aliphatic heterocycles. The molecule has 10 heteroatoms. The number of furan rings is 1. The minimum atomic E-state index is -2.79. The minimum Gasteiger partial charge on any atom is -0.463 e. The van der Waals surface area contributed by atoms with Crippen molar-refractivity contribution in [2.24, 2.45) is 12.1 Å². The Hall–Kier alpha value is -3.17. The molecule has 3 rings (SSSR count). The van der Waals surface area contributed by atoms with E-state index in [1.807, 2.05) is 0 Å². The van der Waals surface area contributed by atoms with E-state index in [1.165, 1.54) is 19.5 Å². The molecule has 3 heterocycles. The van der Waals surface area contributed by atoms with Gasteiger partial charge in [-0.3, -0.25) is 0 Å². The third-order valence-electron chi connectivity index (χ3n) is 3.30. The van der Waals surface area contributed by atoms with Crippen LogP contribution in [-0.4, -0.2) is 26.0 Å². The monoisotopic (exact) mass is 350 g/mol. The quantitative estimate of drug-likeness (QED) is 0.564. The maximum Gasteiger partial charge on any atom is 0.280 e. The third kappa shape index (κ3) is 3.52. The largest absolute Gasteiger partial charge is 0.463 e. The Kier molecular flexibility index (Phi) is 4.50. The van der Waals surface area contributed by atoms with Crippen LogP contribution in [0, 0.1) is 12.9 Å². The van der Waals surface area contributed by atoms with Gasteiger partial charge in [0.25, 0.3) is 6.43 Å². The zero-order valence-corrected chi connectivity index (χ0v) is 13.2. The highest BCUT2D eigenvalue weighted by atomic mass is 19.3. The van der Waals surface area contributed by atoms with Crippen LogP contribution in [0.3, 0.4) is 0 Å². The summed E-state index contributed by atoms with van der Waals surface area (Å²) in [5.74, 6) is -0.422. The van der Waals surface area contributed by atoms with Crippen LogP contribution >= 0.6 is 0 Å². The van der Waals surface area contributed by atoms with Crippen molar-refractivity contribution >= 4 is 12.2 Å². The molecule has 0 unspecified atom stereocenters. The summed E-state index contributed by atoms with van der Waals surface area (Å²) in [6, 6.07) is 4.32. The second kappa shape index (κ2) is 6.75. The molecule has 0 saturated heterocycles. The second-order valence-corrected chi connectivity index (χ2v) is 5.06. The standard InChI is InChI=1S/C15H13F3N6O/c1-8-9(14(18)24(2)23-8)7-19-22-15-20-10(12-4-3-5-25-12)6-11(21-15)13(16)17/h3-7,13H,1-2H3,(H,20,21,22). The van der Waals surface area contributed by atoms with E-state index >= 15 is 0 Å². The van der Waals surface area contributed by atoms with Gasteiger partial charge in [-0.25, -0.2) is 28.9 Å². The molecule has 0 aliphatic rings. The summed E-state index contributed by atoms with van der Waals surface area (Å²) in [5.41, 5.74) is 2.72. The second-order valence-electron chi connectivity index (χ2n) is 5.06. The van der Waals surface area contributed by atoms with Crippen molar-refractivity contribution < 1.29 is 17.6 Å². The Morgan fingerprint density at radius 1 is 1.36 bits per heavy atom. The van der Waals surface area contributed by atoms with Gasteiger partial charge in [0.2, 0.25) is 11.9 Å². The smallest absolute Gasteiger partial charge is 0.280 e. The van der Waals surface area contributed by atoms with Gasteiger partial charge >= 0.3 is 0 Å². The van der Waals surface area contributed by atoms with Crippen LogP contribution in [0.25, 0.3) is 11.5 Å². The molecule has 0 aliphatic carbocycles. The number of nitrogens with zero attached hydrogens (tertiary/aromatic N) is 5. The number of hydrogen-bond donors (Lipinski definition) is 1. The lowest BCUT2D eigenvalue weighted by molar-refractivity contribution is 0.146. The Labute approximate surface area is 140 Å². The molecule has 0 amide bonds. The van der Waals surface area contributed by atoms with Crippen LogP contribution in [0.5, 0.6) is 0 Å². The van der Waals surface area contributed by atoms with Crippen molar-refractivity contribution in [3.8, 4) is 11.5 Å². The highest BCUT2D eigenvalue weighted by Crippen LogP contribution is 2.24. The van der Waals surface area contributed by atoms with Crippen LogP contribution < -0.4 is 5.43 Å². The van der Waals surface area contributed by atoms with Crippen molar-refractivity contribution in [2.45, 2.75) is 13.3 Å². The van der Waals surface area contributed by atoms with Crippen molar-refractivity contribution in [3.63, 3.8) is 0 Å². The number of alkyl halides is 2. The molecule has 0 radical (unpaired) electrons. The molecular formula is C15H13F3N6O. The van der Waals surface area contributed by atoms with Crippen molar-refractivity contribution in [3.05, 3.63) is 47.4 Å². The van der Waals surface area contributed by atoms with E-state index in [9.17, 15) is 13.2 Å². The van der Waals surface area contributed by atoms with E-state index in [0.29, 0.717) is 11.5 Å². The van der Waals surface area contributed by atoms with Crippen LogP contribution in [0.15, 0.2) is 34.0 Å². The van der Waals surface area contributed by atoms with Gasteiger partial charge in [-0.1, -0.05) is 0 Å².